The molecule has 0 N–H and O–H groups in total. The van der Waals surface area contributed by atoms with Crippen molar-refractivity contribution < 1.29 is 13.9 Å². The lowest BCUT2D eigenvalue weighted by Crippen LogP contribution is -2.48. The van der Waals surface area contributed by atoms with Crippen LogP contribution in [0.5, 0.6) is 0 Å². The first-order valence-electron chi connectivity index (χ1n) is 8.94. The van der Waals surface area contributed by atoms with Crippen LogP contribution in [0.3, 0.4) is 0 Å². The van der Waals surface area contributed by atoms with Crippen LogP contribution in [0.1, 0.15) is 38.1 Å². The average molecular weight is 375 g/mol. The molecule has 1 aliphatic heterocycles. The predicted molar refractivity (Wildman–Crippen MR) is 100 cm³/mol. The summed E-state index contributed by atoms with van der Waals surface area (Å²) in [5.74, 6) is 1.28. The van der Waals surface area contributed by atoms with Gasteiger partial charge in [0.2, 0.25) is 11.8 Å². The van der Waals surface area contributed by atoms with Gasteiger partial charge in [-0.15, -0.1) is 10.2 Å². The maximum Gasteiger partial charge on any atom is 0.277 e. The molecule has 1 amide bonds. The van der Waals surface area contributed by atoms with E-state index in [1.807, 2.05) is 36.9 Å². The van der Waals surface area contributed by atoms with Gasteiger partial charge in [0.05, 0.1) is 18.0 Å². The third-order valence-corrected chi connectivity index (χ3v) is 5.19. The van der Waals surface area contributed by atoms with Crippen molar-refractivity contribution >= 4 is 17.7 Å². The Morgan fingerprint density at radius 1 is 1.23 bits per heavy atom. The molecule has 6 nitrogen and oxygen atoms in total. The van der Waals surface area contributed by atoms with Crippen LogP contribution in [0.4, 0.5) is 0 Å². The van der Waals surface area contributed by atoms with E-state index in [1.165, 1.54) is 17.3 Å². The van der Waals surface area contributed by atoms with Crippen molar-refractivity contribution in [3.63, 3.8) is 0 Å². The van der Waals surface area contributed by atoms with Gasteiger partial charge in [-0.05, 0) is 25.3 Å². The van der Waals surface area contributed by atoms with Gasteiger partial charge in [-0.3, -0.25) is 4.79 Å². The van der Waals surface area contributed by atoms with Crippen molar-refractivity contribution in [3.05, 3.63) is 41.8 Å². The predicted octanol–water partition coefficient (Wildman–Crippen LogP) is 3.14. The number of carbonyl (C=O) groups is 1. The lowest BCUT2D eigenvalue weighted by Gasteiger charge is -2.35. The Labute approximate surface area is 158 Å². The summed E-state index contributed by atoms with van der Waals surface area (Å²) < 4.78 is 11.4. The molecule has 0 spiro atoms. The van der Waals surface area contributed by atoms with Crippen molar-refractivity contribution in [3.8, 4) is 0 Å². The Balaban J connectivity index is 1.50. The summed E-state index contributed by atoms with van der Waals surface area (Å²) in [4.78, 5) is 14.2. The second-order valence-electron chi connectivity index (χ2n) is 6.82. The van der Waals surface area contributed by atoms with Crippen LogP contribution in [0, 0.1) is 0 Å². The second kappa shape index (κ2) is 8.68. The van der Waals surface area contributed by atoms with Crippen LogP contribution >= 0.6 is 11.8 Å². The standard InChI is InChI=1S/C19H25N3O3S/c1-13(16-7-5-4-6-8-16)9-17-20-21-19(25-17)26-12-18(23)22-10-14(2)24-15(3)11-22/h4-8,13-15H,9-12H2,1-3H3. The largest absolute Gasteiger partial charge is 0.416 e. The zero-order valence-corrected chi connectivity index (χ0v) is 16.2. The molecule has 1 aromatic heterocycles. The SMILES string of the molecule is CC1CN(C(=O)CSc2nnc(CC(C)c3ccccc3)o2)CC(C)O1. The fourth-order valence-electron chi connectivity index (χ4n) is 3.14. The quantitative estimate of drug-likeness (QED) is 0.723. The van der Waals surface area contributed by atoms with E-state index < -0.39 is 0 Å². The Hall–Kier alpha value is -1.86. The summed E-state index contributed by atoms with van der Waals surface area (Å²) in [5, 5.41) is 8.62. The lowest BCUT2D eigenvalue weighted by atomic mass is 9.98. The average Bonchev–Trinajstić information content (AvgIpc) is 3.07. The van der Waals surface area contributed by atoms with Crippen LogP contribution in [0.15, 0.2) is 40.0 Å². The van der Waals surface area contributed by atoms with Crippen molar-refractivity contribution in [1.29, 1.82) is 0 Å². The first-order chi connectivity index (χ1) is 12.5. The Bertz CT molecular complexity index is 712. The number of hydrogen-bond acceptors (Lipinski definition) is 6. The molecule has 0 radical (unpaired) electrons. The van der Waals surface area contributed by atoms with Crippen molar-refractivity contribution in [2.75, 3.05) is 18.8 Å². The van der Waals surface area contributed by atoms with E-state index in [0.29, 0.717) is 42.3 Å². The Morgan fingerprint density at radius 3 is 2.62 bits per heavy atom. The number of amides is 1. The number of hydrogen-bond donors (Lipinski definition) is 0. The molecule has 1 fully saturated rings. The maximum atomic E-state index is 12.4. The van der Waals surface area contributed by atoms with Crippen LogP contribution in [-0.2, 0) is 16.0 Å². The Morgan fingerprint density at radius 2 is 1.92 bits per heavy atom. The maximum absolute atomic E-state index is 12.4. The first-order valence-corrected chi connectivity index (χ1v) is 9.93. The van der Waals surface area contributed by atoms with Gasteiger partial charge in [0.1, 0.15) is 0 Å². The van der Waals surface area contributed by atoms with Crippen LogP contribution in [0.25, 0.3) is 0 Å². The smallest absolute Gasteiger partial charge is 0.277 e. The fourth-order valence-corrected chi connectivity index (χ4v) is 3.82. The molecule has 0 saturated carbocycles. The third-order valence-electron chi connectivity index (χ3n) is 4.39. The summed E-state index contributed by atoms with van der Waals surface area (Å²) in [7, 11) is 0. The highest BCUT2D eigenvalue weighted by atomic mass is 32.2. The molecule has 0 bridgehead atoms. The van der Waals surface area contributed by atoms with E-state index in [4.69, 9.17) is 9.15 Å². The number of nitrogens with zero attached hydrogens (tertiary/aromatic N) is 3. The molecule has 1 aliphatic rings. The van der Waals surface area contributed by atoms with E-state index in [9.17, 15) is 4.79 Å². The molecule has 2 aromatic rings. The van der Waals surface area contributed by atoms with Gasteiger partial charge in [-0.25, -0.2) is 0 Å². The van der Waals surface area contributed by atoms with E-state index in [1.54, 1.807) is 0 Å². The molecule has 26 heavy (non-hydrogen) atoms. The van der Waals surface area contributed by atoms with E-state index in [-0.39, 0.29) is 18.1 Å². The number of thioether (sulfide) groups is 1. The van der Waals surface area contributed by atoms with E-state index >= 15 is 0 Å². The molecule has 3 unspecified atom stereocenters. The molecule has 3 atom stereocenters. The van der Waals surface area contributed by atoms with Gasteiger partial charge < -0.3 is 14.1 Å². The summed E-state index contributed by atoms with van der Waals surface area (Å²) in [6, 6.07) is 10.3. The molecule has 1 saturated heterocycles. The van der Waals surface area contributed by atoms with Gasteiger partial charge in [0, 0.05) is 19.5 Å². The highest BCUT2D eigenvalue weighted by molar-refractivity contribution is 7.99. The first kappa shape index (κ1) is 18.9. The number of ether oxygens (including phenoxy) is 1. The molecule has 3 rings (SSSR count). The molecule has 140 valence electrons. The number of rotatable bonds is 6. The number of benzene rings is 1. The molecular formula is C19H25N3O3S. The Kier molecular flexibility index (Phi) is 6.32. The highest BCUT2D eigenvalue weighted by Crippen LogP contribution is 2.23. The summed E-state index contributed by atoms with van der Waals surface area (Å²) in [5.41, 5.74) is 1.24. The molecule has 2 heterocycles. The van der Waals surface area contributed by atoms with Gasteiger partial charge in [-0.2, -0.15) is 0 Å². The highest BCUT2D eigenvalue weighted by Gasteiger charge is 2.26. The second-order valence-corrected chi connectivity index (χ2v) is 7.75. The van der Waals surface area contributed by atoms with Crippen molar-refractivity contribution in [1.82, 2.24) is 15.1 Å². The van der Waals surface area contributed by atoms with Gasteiger partial charge >= 0.3 is 0 Å². The summed E-state index contributed by atoms with van der Waals surface area (Å²) >= 11 is 1.30. The molecule has 7 heteroatoms. The van der Waals surface area contributed by atoms with Crippen LogP contribution in [0.2, 0.25) is 0 Å². The zero-order valence-electron chi connectivity index (χ0n) is 15.4. The summed E-state index contributed by atoms with van der Waals surface area (Å²) in [6.45, 7) is 7.37. The molecule has 1 aromatic carbocycles. The van der Waals surface area contributed by atoms with E-state index in [2.05, 4.69) is 29.3 Å². The van der Waals surface area contributed by atoms with Crippen LogP contribution < -0.4 is 0 Å². The lowest BCUT2D eigenvalue weighted by molar-refractivity contribution is -0.140. The minimum atomic E-state index is 0.0715. The summed E-state index contributed by atoms with van der Waals surface area (Å²) in [6.07, 6.45) is 0.827. The van der Waals surface area contributed by atoms with Crippen molar-refractivity contribution in [2.24, 2.45) is 0 Å². The number of carbonyl (C=O) groups excluding carboxylic acids is 1. The topological polar surface area (TPSA) is 68.5 Å². The fraction of sp³-hybridized carbons (Fsp3) is 0.526. The van der Waals surface area contributed by atoms with Crippen LogP contribution in [-0.4, -0.2) is 52.1 Å². The third kappa shape index (κ3) is 5.08. The number of morpholine rings is 1. The van der Waals surface area contributed by atoms with E-state index in [0.717, 1.165) is 0 Å². The molecule has 0 aliphatic carbocycles. The minimum Gasteiger partial charge on any atom is -0.416 e. The normalized spacial score (nSPS) is 21.6. The minimum absolute atomic E-state index is 0.0715. The zero-order chi connectivity index (χ0) is 18.5. The van der Waals surface area contributed by atoms with Gasteiger partial charge in [0.25, 0.3) is 5.22 Å². The molecular weight excluding hydrogens is 350 g/mol. The van der Waals surface area contributed by atoms with Gasteiger partial charge in [-0.1, -0.05) is 49.0 Å². The van der Waals surface area contributed by atoms with Gasteiger partial charge in [0.15, 0.2) is 0 Å². The number of aromatic nitrogens is 2. The monoisotopic (exact) mass is 375 g/mol. The van der Waals surface area contributed by atoms with Crippen molar-refractivity contribution in [2.45, 2.75) is 50.5 Å².